The van der Waals surface area contributed by atoms with Crippen LogP contribution >= 0.6 is 11.8 Å². The standard InChI is InChI=1S/C20H20FN5S/c1-14(25(2)3)19-23-24-20(26(19)18-10-8-17(21)9-11-18)27-13-16-6-4-15(12-22)5-7-16/h4-11,14H,13H2,1-3H3/p+1/t14-/m1/s1. The van der Waals surface area contributed by atoms with Crippen molar-refractivity contribution in [3.63, 3.8) is 0 Å². The highest BCUT2D eigenvalue weighted by Gasteiger charge is 2.23. The van der Waals surface area contributed by atoms with Crippen LogP contribution in [0.15, 0.2) is 53.7 Å². The predicted molar refractivity (Wildman–Crippen MR) is 103 cm³/mol. The number of aromatic nitrogens is 3. The van der Waals surface area contributed by atoms with E-state index in [9.17, 15) is 4.39 Å². The SMILES string of the molecule is C[C@H](c1nnc(SCc2ccc(C#N)cc2)n1-c1ccc(F)cc1)[NH+](C)C. The van der Waals surface area contributed by atoms with Crippen molar-refractivity contribution in [3.05, 3.63) is 71.3 Å². The van der Waals surface area contributed by atoms with Crippen molar-refractivity contribution in [1.82, 2.24) is 14.8 Å². The number of benzene rings is 2. The van der Waals surface area contributed by atoms with Crippen molar-refractivity contribution in [2.24, 2.45) is 0 Å². The van der Waals surface area contributed by atoms with E-state index in [2.05, 4.69) is 37.3 Å². The normalized spacial score (nSPS) is 12.1. The Kier molecular flexibility index (Phi) is 5.89. The molecule has 0 saturated carbocycles. The molecule has 0 radical (unpaired) electrons. The summed E-state index contributed by atoms with van der Waals surface area (Å²) in [6.45, 7) is 2.09. The van der Waals surface area contributed by atoms with E-state index in [-0.39, 0.29) is 11.9 Å². The largest absolute Gasteiger partial charge is 0.331 e. The van der Waals surface area contributed by atoms with Crippen LogP contribution in [0.3, 0.4) is 0 Å². The smallest absolute Gasteiger partial charge is 0.196 e. The number of hydrogen-bond acceptors (Lipinski definition) is 4. The van der Waals surface area contributed by atoms with Crippen LogP contribution in [0.1, 0.15) is 29.9 Å². The van der Waals surface area contributed by atoms with Gasteiger partial charge >= 0.3 is 0 Å². The van der Waals surface area contributed by atoms with Crippen LogP contribution in [-0.4, -0.2) is 28.9 Å². The van der Waals surface area contributed by atoms with Gasteiger partial charge in [-0.15, -0.1) is 10.2 Å². The number of quaternary nitrogens is 1. The van der Waals surface area contributed by atoms with Gasteiger partial charge in [-0.25, -0.2) is 4.39 Å². The van der Waals surface area contributed by atoms with Gasteiger partial charge in [0.25, 0.3) is 0 Å². The van der Waals surface area contributed by atoms with Crippen LogP contribution in [0.5, 0.6) is 0 Å². The van der Waals surface area contributed by atoms with Crippen LogP contribution in [0, 0.1) is 17.1 Å². The molecule has 2 aromatic carbocycles. The van der Waals surface area contributed by atoms with Crippen molar-refractivity contribution in [2.45, 2.75) is 23.9 Å². The van der Waals surface area contributed by atoms with Crippen molar-refractivity contribution in [2.75, 3.05) is 14.1 Å². The van der Waals surface area contributed by atoms with Crippen molar-refractivity contribution in [1.29, 1.82) is 5.26 Å². The van der Waals surface area contributed by atoms with Crippen LogP contribution in [0.2, 0.25) is 0 Å². The molecule has 0 bridgehead atoms. The summed E-state index contributed by atoms with van der Waals surface area (Å²) in [7, 11) is 4.13. The molecular weight excluding hydrogens is 361 g/mol. The topological polar surface area (TPSA) is 58.9 Å². The maximum absolute atomic E-state index is 13.4. The van der Waals surface area contributed by atoms with Crippen LogP contribution in [-0.2, 0) is 5.75 Å². The van der Waals surface area contributed by atoms with Gasteiger partial charge in [0, 0.05) is 11.4 Å². The summed E-state index contributed by atoms with van der Waals surface area (Å²) in [6.07, 6.45) is 0. The monoisotopic (exact) mass is 382 g/mol. The van der Waals surface area contributed by atoms with Gasteiger partial charge in [-0.2, -0.15) is 5.26 Å². The first-order chi connectivity index (χ1) is 13.0. The minimum absolute atomic E-state index is 0.131. The molecule has 3 aromatic rings. The van der Waals surface area contributed by atoms with E-state index in [4.69, 9.17) is 5.26 Å². The molecule has 27 heavy (non-hydrogen) atoms. The van der Waals surface area contributed by atoms with E-state index < -0.39 is 0 Å². The highest BCUT2D eigenvalue weighted by atomic mass is 32.2. The van der Waals surface area contributed by atoms with Gasteiger partial charge in [-0.05, 0) is 48.9 Å². The number of halogens is 1. The third kappa shape index (κ3) is 4.35. The third-order valence-electron chi connectivity index (χ3n) is 4.45. The Balaban J connectivity index is 1.92. The van der Waals surface area contributed by atoms with Gasteiger partial charge in [0.15, 0.2) is 11.0 Å². The summed E-state index contributed by atoms with van der Waals surface area (Å²) in [5, 5.41) is 18.5. The predicted octanol–water partition coefficient (Wildman–Crippen LogP) is 2.78. The van der Waals surface area contributed by atoms with Gasteiger partial charge in [-0.1, -0.05) is 23.9 Å². The number of rotatable bonds is 6. The Labute approximate surface area is 162 Å². The molecule has 0 aliphatic heterocycles. The molecule has 0 aliphatic carbocycles. The van der Waals surface area contributed by atoms with Crippen LogP contribution in [0.25, 0.3) is 5.69 Å². The first kappa shape index (κ1) is 19.1. The zero-order chi connectivity index (χ0) is 19.4. The molecular formula is C20H21FN5S+. The Morgan fingerprint density at radius 1 is 1.11 bits per heavy atom. The average Bonchev–Trinajstić information content (AvgIpc) is 3.10. The molecule has 1 heterocycles. The second kappa shape index (κ2) is 8.33. The fourth-order valence-electron chi connectivity index (χ4n) is 2.57. The lowest BCUT2D eigenvalue weighted by atomic mass is 10.2. The molecule has 0 aliphatic rings. The van der Waals surface area contributed by atoms with Crippen molar-refractivity contribution >= 4 is 11.8 Å². The lowest BCUT2D eigenvalue weighted by Gasteiger charge is -2.18. The van der Waals surface area contributed by atoms with Gasteiger partial charge in [0.05, 0.1) is 25.7 Å². The zero-order valence-electron chi connectivity index (χ0n) is 15.5. The molecule has 3 rings (SSSR count). The van der Waals surface area contributed by atoms with Crippen molar-refractivity contribution < 1.29 is 9.29 Å². The van der Waals surface area contributed by atoms with Crippen LogP contribution < -0.4 is 4.90 Å². The van der Waals surface area contributed by atoms with Gasteiger partial charge < -0.3 is 4.90 Å². The first-order valence-electron chi connectivity index (χ1n) is 8.62. The highest BCUT2D eigenvalue weighted by molar-refractivity contribution is 7.98. The molecule has 0 unspecified atom stereocenters. The lowest BCUT2D eigenvalue weighted by molar-refractivity contribution is -0.890. The lowest BCUT2D eigenvalue weighted by Crippen LogP contribution is -3.05. The number of nitrogens with one attached hydrogen (secondary N) is 1. The zero-order valence-corrected chi connectivity index (χ0v) is 16.3. The quantitative estimate of drug-likeness (QED) is 0.666. The Hall–Kier alpha value is -2.69. The summed E-state index contributed by atoms with van der Waals surface area (Å²) in [4.78, 5) is 1.23. The molecule has 1 aromatic heterocycles. The van der Waals surface area contributed by atoms with E-state index >= 15 is 0 Å². The summed E-state index contributed by atoms with van der Waals surface area (Å²) in [5.74, 6) is 1.27. The molecule has 0 fully saturated rings. The van der Waals surface area contributed by atoms with Crippen molar-refractivity contribution in [3.8, 4) is 11.8 Å². The Bertz CT molecular complexity index is 942. The molecule has 138 valence electrons. The van der Waals surface area contributed by atoms with E-state index in [0.717, 1.165) is 22.2 Å². The van der Waals surface area contributed by atoms with Crippen LogP contribution in [0.4, 0.5) is 4.39 Å². The maximum atomic E-state index is 13.4. The third-order valence-corrected chi connectivity index (χ3v) is 5.45. The number of hydrogen-bond donors (Lipinski definition) is 1. The highest BCUT2D eigenvalue weighted by Crippen LogP contribution is 2.27. The minimum atomic E-state index is -0.272. The molecule has 7 heteroatoms. The molecule has 0 amide bonds. The summed E-state index contributed by atoms with van der Waals surface area (Å²) in [6, 6.07) is 16.1. The fourth-order valence-corrected chi connectivity index (χ4v) is 3.48. The van der Waals surface area contributed by atoms with E-state index in [0.29, 0.717) is 11.3 Å². The maximum Gasteiger partial charge on any atom is 0.196 e. The van der Waals surface area contributed by atoms with E-state index in [1.54, 1.807) is 23.9 Å². The Morgan fingerprint density at radius 2 is 1.78 bits per heavy atom. The first-order valence-corrected chi connectivity index (χ1v) is 9.61. The number of thioether (sulfide) groups is 1. The molecule has 1 N–H and O–H groups in total. The number of nitrogens with zero attached hydrogens (tertiary/aromatic N) is 4. The second-order valence-corrected chi connectivity index (χ2v) is 7.49. The van der Waals surface area contributed by atoms with E-state index in [1.165, 1.54) is 17.0 Å². The average molecular weight is 382 g/mol. The van der Waals surface area contributed by atoms with Gasteiger partial charge in [-0.3, -0.25) is 4.57 Å². The number of nitriles is 1. The second-order valence-electron chi connectivity index (χ2n) is 6.55. The summed E-state index contributed by atoms with van der Waals surface area (Å²) in [5.41, 5.74) is 2.58. The van der Waals surface area contributed by atoms with Gasteiger partial charge in [0.2, 0.25) is 0 Å². The molecule has 0 saturated heterocycles. The molecule has 0 spiro atoms. The fraction of sp³-hybridized carbons (Fsp3) is 0.250. The minimum Gasteiger partial charge on any atom is -0.331 e. The van der Waals surface area contributed by atoms with Gasteiger partial charge in [0.1, 0.15) is 11.9 Å². The molecule has 5 nitrogen and oxygen atoms in total. The molecule has 1 atom stereocenters. The summed E-state index contributed by atoms with van der Waals surface area (Å²) >= 11 is 1.57. The van der Waals surface area contributed by atoms with E-state index in [1.807, 2.05) is 28.8 Å². The summed E-state index contributed by atoms with van der Waals surface area (Å²) < 4.78 is 15.4. The Morgan fingerprint density at radius 3 is 2.37 bits per heavy atom.